The fourth-order valence-corrected chi connectivity index (χ4v) is 4.77. The molecule has 7 nitrogen and oxygen atoms in total. The Kier molecular flexibility index (Phi) is 7.20. The second-order valence-corrected chi connectivity index (χ2v) is 11.1. The lowest BCUT2D eigenvalue weighted by molar-refractivity contribution is -0.118. The number of nitrogens with one attached hydrogen (secondary N) is 2. The van der Waals surface area contributed by atoms with Crippen molar-refractivity contribution in [3.8, 4) is 0 Å². The van der Waals surface area contributed by atoms with E-state index in [4.69, 9.17) is 0 Å². The fourth-order valence-electron chi connectivity index (χ4n) is 2.87. The molecule has 1 aromatic heterocycles. The van der Waals surface area contributed by atoms with Crippen molar-refractivity contribution in [1.82, 2.24) is 15.3 Å². The highest BCUT2D eigenvalue weighted by Gasteiger charge is 2.23. The van der Waals surface area contributed by atoms with Crippen molar-refractivity contribution in [2.75, 3.05) is 5.75 Å². The molecule has 1 amide bonds. The van der Waals surface area contributed by atoms with Crippen LogP contribution in [0.4, 0.5) is 0 Å². The number of benzene rings is 2. The van der Waals surface area contributed by atoms with Gasteiger partial charge in [-0.1, -0.05) is 75.0 Å². The number of hydrogen-bond acceptors (Lipinski definition) is 6. The topological polar surface area (TPSA) is 109 Å². The van der Waals surface area contributed by atoms with E-state index < -0.39 is 20.3 Å². The number of hydrogen-bond donors (Lipinski definition) is 2. The van der Waals surface area contributed by atoms with E-state index in [9.17, 15) is 18.0 Å². The molecule has 9 heteroatoms. The quantitative estimate of drug-likeness (QED) is 0.404. The lowest BCUT2D eigenvalue weighted by atomic mass is 9.87. The summed E-state index contributed by atoms with van der Waals surface area (Å²) in [5.41, 5.74) is 1.07. The van der Waals surface area contributed by atoms with Crippen molar-refractivity contribution in [1.29, 1.82) is 0 Å². The number of nitrogens with zero attached hydrogens (tertiary/aromatic N) is 1. The molecule has 1 heterocycles. The third kappa shape index (κ3) is 5.86. The van der Waals surface area contributed by atoms with Gasteiger partial charge < -0.3 is 10.3 Å². The molecule has 0 aliphatic carbocycles. The second-order valence-electron chi connectivity index (χ2n) is 8.21. The zero-order valence-electron chi connectivity index (χ0n) is 18.1. The Morgan fingerprint density at radius 3 is 2.31 bits per heavy atom. The highest BCUT2D eigenvalue weighted by Crippen LogP contribution is 2.25. The van der Waals surface area contributed by atoms with Crippen LogP contribution in [0.5, 0.6) is 0 Å². The normalized spacial score (nSPS) is 11.8. The SMILES string of the molecule is CC(C)(C)c1ccc(S(=O)(=O)c2cnc(SCC(=O)NCc3ccccc3)[nH]c2=O)cc1. The van der Waals surface area contributed by atoms with Crippen LogP contribution in [0.25, 0.3) is 0 Å². The van der Waals surface area contributed by atoms with Crippen LogP contribution in [0.2, 0.25) is 0 Å². The number of rotatable bonds is 7. The van der Waals surface area contributed by atoms with E-state index in [-0.39, 0.29) is 27.1 Å². The lowest BCUT2D eigenvalue weighted by Gasteiger charge is -2.19. The van der Waals surface area contributed by atoms with Crippen LogP contribution >= 0.6 is 11.8 Å². The highest BCUT2D eigenvalue weighted by atomic mass is 32.2. The van der Waals surface area contributed by atoms with E-state index in [1.165, 1.54) is 12.1 Å². The number of sulfone groups is 1. The number of carbonyl (C=O) groups excluding carboxylic acids is 1. The molecule has 0 spiro atoms. The predicted molar refractivity (Wildman–Crippen MR) is 124 cm³/mol. The first-order valence-electron chi connectivity index (χ1n) is 9.96. The Morgan fingerprint density at radius 2 is 1.72 bits per heavy atom. The Hall–Kier alpha value is -2.91. The molecule has 2 N–H and O–H groups in total. The summed E-state index contributed by atoms with van der Waals surface area (Å²) in [6, 6.07) is 16.0. The molecule has 0 radical (unpaired) electrons. The van der Waals surface area contributed by atoms with Gasteiger partial charge >= 0.3 is 0 Å². The Labute approximate surface area is 191 Å². The molecule has 32 heavy (non-hydrogen) atoms. The molecular weight excluding hydrogens is 446 g/mol. The molecule has 3 rings (SSSR count). The molecule has 168 valence electrons. The van der Waals surface area contributed by atoms with Crippen molar-refractivity contribution in [2.45, 2.75) is 47.7 Å². The first-order valence-corrected chi connectivity index (χ1v) is 12.4. The van der Waals surface area contributed by atoms with Gasteiger partial charge in [-0.15, -0.1) is 0 Å². The number of aromatic amines is 1. The van der Waals surface area contributed by atoms with Gasteiger partial charge in [-0.05, 0) is 28.7 Å². The standard InChI is InChI=1S/C23H25N3O4S2/c1-23(2,3)17-9-11-18(12-10-17)32(29,30)19-14-25-22(26-21(19)28)31-15-20(27)24-13-16-7-5-4-6-8-16/h4-12,14H,13,15H2,1-3H3,(H,24,27)(H,25,26,28). The van der Waals surface area contributed by atoms with E-state index >= 15 is 0 Å². The van der Waals surface area contributed by atoms with Gasteiger partial charge in [0.25, 0.3) is 5.56 Å². The van der Waals surface area contributed by atoms with Gasteiger partial charge in [0.2, 0.25) is 15.7 Å². The van der Waals surface area contributed by atoms with E-state index in [1.54, 1.807) is 12.1 Å². The predicted octanol–water partition coefficient (Wildman–Crippen LogP) is 3.31. The monoisotopic (exact) mass is 471 g/mol. The van der Waals surface area contributed by atoms with Gasteiger partial charge in [-0.25, -0.2) is 13.4 Å². The first kappa shape index (κ1) is 23.7. The van der Waals surface area contributed by atoms with Crippen LogP contribution in [0.15, 0.2) is 80.5 Å². The molecule has 0 unspecified atom stereocenters. The van der Waals surface area contributed by atoms with Gasteiger partial charge in [-0.2, -0.15) is 0 Å². The molecule has 0 saturated carbocycles. The van der Waals surface area contributed by atoms with Gasteiger partial charge in [0.15, 0.2) is 10.1 Å². The van der Waals surface area contributed by atoms with Crippen LogP contribution in [0, 0.1) is 0 Å². The number of amides is 1. The average Bonchev–Trinajstić information content (AvgIpc) is 2.76. The molecule has 0 aliphatic rings. The number of aromatic nitrogens is 2. The van der Waals surface area contributed by atoms with Crippen LogP contribution in [-0.4, -0.2) is 30.0 Å². The van der Waals surface area contributed by atoms with Gasteiger partial charge in [0.1, 0.15) is 0 Å². The number of H-pyrrole nitrogens is 1. The van der Waals surface area contributed by atoms with Gasteiger partial charge in [0.05, 0.1) is 16.8 Å². The molecule has 0 bridgehead atoms. The second kappa shape index (κ2) is 9.70. The Balaban J connectivity index is 1.66. The van der Waals surface area contributed by atoms with Gasteiger partial charge in [-0.3, -0.25) is 9.59 Å². The summed E-state index contributed by atoms with van der Waals surface area (Å²) in [6.45, 7) is 6.49. The molecule has 3 aromatic rings. The maximum atomic E-state index is 12.9. The summed E-state index contributed by atoms with van der Waals surface area (Å²) in [4.78, 5) is 30.6. The minimum Gasteiger partial charge on any atom is -0.351 e. The molecular formula is C23H25N3O4S2. The summed E-state index contributed by atoms with van der Waals surface area (Å²) in [6.07, 6.45) is 1.04. The molecule has 0 atom stereocenters. The smallest absolute Gasteiger partial charge is 0.270 e. The molecule has 2 aromatic carbocycles. The summed E-state index contributed by atoms with van der Waals surface area (Å²) in [5.74, 6) is -0.187. The Morgan fingerprint density at radius 1 is 1.06 bits per heavy atom. The van der Waals surface area contributed by atoms with Crippen molar-refractivity contribution in [3.63, 3.8) is 0 Å². The van der Waals surface area contributed by atoms with Crippen molar-refractivity contribution < 1.29 is 13.2 Å². The zero-order valence-corrected chi connectivity index (χ0v) is 19.7. The van der Waals surface area contributed by atoms with E-state index in [0.717, 1.165) is 29.1 Å². The average molecular weight is 472 g/mol. The third-order valence-corrected chi connectivity index (χ3v) is 7.39. The minimum absolute atomic E-state index is 0.0264. The van der Waals surface area contributed by atoms with Crippen molar-refractivity contribution in [2.24, 2.45) is 0 Å². The summed E-state index contributed by atoms with van der Waals surface area (Å²) >= 11 is 1.02. The van der Waals surface area contributed by atoms with E-state index in [0.29, 0.717) is 6.54 Å². The van der Waals surface area contributed by atoms with Crippen LogP contribution in [0.1, 0.15) is 31.9 Å². The maximum Gasteiger partial charge on any atom is 0.270 e. The lowest BCUT2D eigenvalue weighted by Crippen LogP contribution is -2.25. The van der Waals surface area contributed by atoms with E-state index in [1.807, 2.05) is 51.1 Å². The largest absolute Gasteiger partial charge is 0.351 e. The minimum atomic E-state index is -4.01. The fraction of sp³-hybridized carbons (Fsp3) is 0.261. The van der Waals surface area contributed by atoms with Crippen LogP contribution in [-0.2, 0) is 26.6 Å². The van der Waals surface area contributed by atoms with Crippen LogP contribution < -0.4 is 10.9 Å². The molecule has 0 aliphatic heterocycles. The molecule has 0 fully saturated rings. The zero-order chi connectivity index (χ0) is 23.4. The van der Waals surface area contributed by atoms with Crippen LogP contribution in [0.3, 0.4) is 0 Å². The maximum absolute atomic E-state index is 12.9. The van der Waals surface area contributed by atoms with Gasteiger partial charge in [0, 0.05) is 6.54 Å². The molecule has 0 saturated heterocycles. The first-order chi connectivity index (χ1) is 15.1. The van der Waals surface area contributed by atoms with Crippen molar-refractivity contribution >= 4 is 27.5 Å². The highest BCUT2D eigenvalue weighted by molar-refractivity contribution is 7.99. The van der Waals surface area contributed by atoms with Crippen molar-refractivity contribution in [3.05, 3.63) is 82.3 Å². The third-order valence-electron chi connectivity index (χ3n) is 4.74. The Bertz CT molecular complexity index is 1250. The summed E-state index contributed by atoms with van der Waals surface area (Å²) < 4.78 is 25.8. The van der Waals surface area contributed by atoms with E-state index in [2.05, 4.69) is 15.3 Å². The number of thioether (sulfide) groups is 1. The summed E-state index contributed by atoms with van der Waals surface area (Å²) in [5, 5.41) is 2.95. The summed E-state index contributed by atoms with van der Waals surface area (Å²) in [7, 11) is -4.01. The number of carbonyl (C=O) groups is 1.